The first kappa shape index (κ1) is 22.7. The van der Waals surface area contributed by atoms with E-state index in [2.05, 4.69) is 4.98 Å². The van der Waals surface area contributed by atoms with E-state index in [-0.39, 0.29) is 21.8 Å². The molecule has 0 bridgehead atoms. The maximum atomic E-state index is 15.0. The van der Waals surface area contributed by atoms with Crippen LogP contribution in [0.25, 0.3) is 16.0 Å². The molecular formula is C26H18F2N2O4S. The summed E-state index contributed by atoms with van der Waals surface area (Å²) >= 11 is 0.992. The Kier molecular flexibility index (Phi) is 5.78. The predicted molar refractivity (Wildman–Crippen MR) is 128 cm³/mol. The van der Waals surface area contributed by atoms with Crippen LogP contribution < -0.4 is 9.64 Å². The highest BCUT2D eigenvalue weighted by Gasteiger charge is 2.49. The highest BCUT2D eigenvalue weighted by atomic mass is 32.1. The topological polar surface area (TPSA) is 79.7 Å². The van der Waals surface area contributed by atoms with E-state index < -0.39 is 35.1 Å². The van der Waals surface area contributed by atoms with Crippen molar-refractivity contribution in [2.24, 2.45) is 0 Å². The molecule has 1 aliphatic heterocycles. The van der Waals surface area contributed by atoms with Crippen LogP contribution in [0.4, 0.5) is 13.9 Å². The third-order valence-corrected chi connectivity index (χ3v) is 6.63. The van der Waals surface area contributed by atoms with Crippen LogP contribution in [0.5, 0.6) is 5.75 Å². The number of aliphatic hydroxyl groups excluding tert-OH is 1. The van der Waals surface area contributed by atoms with Gasteiger partial charge in [-0.05, 0) is 43.3 Å². The summed E-state index contributed by atoms with van der Waals surface area (Å²) < 4.78 is 34.7. The van der Waals surface area contributed by atoms with E-state index in [0.29, 0.717) is 22.6 Å². The molecule has 1 fully saturated rings. The number of ether oxygens (including phenoxy) is 1. The average molecular weight is 493 g/mol. The van der Waals surface area contributed by atoms with Gasteiger partial charge in [0.25, 0.3) is 5.78 Å². The van der Waals surface area contributed by atoms with Crippen LogP contribution in [0.3, 0.4) is 0 Å². The molecule has 176 valence electrons. The van der Waals surface area contributed by atoms with E-state index in [1.807, 2.05) is 0 Å². The Balaban J connectivity index is 1.73. The minimum Gasteiger partial charge on any atom is -0.507 e. The van der Waals surface area contributed by atoms with Gasteiger partial charge in [0.05, 0.1) is 22.4 Å². The molecule has 0 saturated carbocycles. The van der Waals surface area contributed by atoms with E-state index in [1.165, 1.54) is 42.5 Å². The number of anilines is 1. The maximum absolute atomic E-state index is 15.0. The molecule has 0 radical (unpaired) electrons. The van der Waals surface area contributed by atoms with Gasteiger partial charge in [0.15, 0.2) is 5.13 Å². The van der Waals surface area contributed by atoms with Crippen molar-refractivity contribution in [2.75, 3.05) is 11.5 Å². The fourth-order valence-corrected chi connectivity index (χ4v) is 5.08. The van der Waals surface area contributed by atoms with Crippen LogP contribution in [0.15, 0.2) is 72.3 Å². The second-order valence-electron chi connectivity index (χ2n) is 7.76. The number of fused-ring (bicyclic) bond motifs is 1. The number of aromatic nitrogens is 1. The molecule has 5 rings (SSSR count). The normalized spacial score (nSPS) is 17.3. The van der Waals surface area contributed by atoms with Crippen molar-refractivity contribution in [3.05, 3.63) is 95.1 Å². The lowest BCUT2D eigenvalue weighted by Gasteiger charge is -2.23. The van der Waals surface area contributed by atoms with Gasteiger partial charge in [0, 0.05) is 11.1 Å². The third-order valence-electron chi connectivity index (χ3n) is 5.61. The summed E-state index contributed by atoms with van der Waals surface area (Å²) in [5.74, 6) is -3.10. The van der Waals surface area contributed by atoms with Crippen molar-refractivity contribution in [2.45, 2.75) is 13.0 Å². The fourth-order valence-electron chi connectivity index (χ4n) is 4.07. The molecule has 1 atom stereocenters. The number of aliphatic hydroxyl groups is 1. The van der Waals surface area contributed by atoms with E-state index in [9.17, 15) is 19.1 Å². The molecule has 1 N–H and O–H groups in total. The number of rotatable bonds is 5. The Hall–Kier alpha value is -4.11. The van der Waals surface area contributed by atoms with Crippen molar-refractivity contribution in [1.29, 1.82) is 0 Å². The zero-order valence-electron chi connectivity index (χ0n) is 18.4. The van der Waals surface area contributed by atoms with Gasteiger partial charge in [-0.25, -0.2) is 13.8 Å². The number of carbonyl (C=O) groups excluding carboxylic acids is 2. The van der Waals surface area contributed by atoms with Gasteiger partial charge < -0.3 is 9.84 Å². The van der Waals surface area contributed by atoms with E-state index in [4.69, 9.17) is 4.74 Å². The zero-order chi connectivity index (χ0) is 24.7. The summed E-state index contributed by atoms with van der Waals surface area (Å²) in [6.07, 6.45) is 0. The zero-order valence-corrected chi connectivity index (χ0v) is 19.2. The molecule has 0 spiro atoms. The van der Waals surface area contributed by atoms with Gasteiger partial charge in [0.2, 0.25) is 0 Å². The highest BCUT2D eigenvalue weighted by molar-refractivity contribution is 7.22. The Labute approximate surface area is 202 Å². The number of amides is 1. The number of nitrogens with zero attached hydrogens (tertiary/aromatic N) is 2. The number of benzene rings is 3. The smallest absolute Gasteiger partial charge is 0.301 e. The fraction of sp³-hybridized carbons (Fsp3) is 0.115. The lowest BCUT2D eigenvalue weighted by molar-refractivity contribution is -0.132. The van der Waals surface area contributed by atoms with Crippen LogP contribution in [0, 0.1) is 11.6 Å². The quantitative estimate of drug-likeness (QED) is 0.223. The number of halogens is 2. The molecule has 6 nitrogen and oxygen atoms in total. The Bertz CT molecular complexity index is 1510. The largest absolute Gasteiger partial charge is 0.507 e. The first-order chi connectivity index (χ1) is 16.9. The Morgan fingerprint density at radius 1 is 1.09 bits per heavy atom. The average Bonchev–Trinajstić information content (AvgIpc) is 3.37. The van der Waals surface area contributed by atoms with Gasteiger partial charge >= 0.3 is 5.91 Å². The van der Waals surface area contributed by atoms with Crippen molar-refractivity contribution < 1.29 is 28.2 Å². The maximum Gasteiger partial charge on any atom is 0.301 e. The molecule has 1 aliphatic rings. The van der Waals surface area contributed by atoms with Crippen LogP contribution in [0.2, 0.25) is 0 Å². The number of hydrogen-bond acceptors (Lipinski definition) is 6. The lowest BCUT2D eigenvalue weighted by Crippen LogP contribution is -2.29. The van der Waals surface area contributed by atoms with Crippen molar-refractivity contribution in [3.8, 4) is 5.75 Å². The molecule has 2 heterocycles. The monoisotopic (exact) mass is 492 g/mol. The van der Waals surface area contributed by atoms with E-state index in [1.54, 1.807) is 31.2 Å². The van der Waals surface area contributed by atoms with Gasteiger partial charge in [-0.2, -0.15) is 0 Å². The number of Topliss-reactive ketones (excluding diaryl/α,β-unsaturated/α-hetero) is 1. The highest BCUT2D eigenvalue weighted by Crippen LogP contribution is 2.45. The first-order valence-corrected chi connectivity index (χ1v) is 11.6. The van der Waals surface area contributed by atoms with E-state index >= 15 is 4.39 Å². The summed E-state index contributed by atoms with van der Waals surface area (Å²) in [7, 11) is 0. The molecule has 9 heteroatoms. The summed E-state index contributed by atoms with van der Waals surface area (Å²) in [6, 6.07) is 14.8. The minimum atomic E-state index is -1.28. The minimum absolute atomic E-state index is 0.0136. The van der Waals surface area contributed by atoms with Crippen LogP contribution >= 0.6 is 11.3 Å². The molecule has 1 amide bonds. The molecule has 35 heavy (non-hydrogen) atoms. The molecule has 4 aromatic rings. The summed E-state index contributed by atoms with van der Waals surface area (Å²) in [6.45, 7) is 2.20. The number of thiazole rings is 1. The molecule has 1 unspecified atom stereocenters. The number of ketones is 1. The first-order valence-electron chi connectivity index (χ1n) is 10.7. The molecule has 1 saturated heterocycles. The number of hydrogen-bond donors (Lipinski definition) is 1. The number of carbonyl (C=O) groups is 2. The van der Waals surface area contributed by atoms with Gasteiger partial charge in [-0.15, -0.1) is 0 Å². The summed E-state index contributed by atoms with van der Waals surface area (Å²) in [5.41, 5.74) is 0.394. The second kappa shape index (κ2) is 8.92. The van der Waals surface area contributed by atoms with Crippen LogP contribution in [0.1, 0.15) is 24.1 Å². The van der Waals surface area contributed by atoms with E-state index in [0.717, 1.165) is 16.2 Å². The standard InChI is InChI=1S/C26H18F2N2O4S/c1-2-34-16-7-5-6-14(12-16)23(31)21-22(17-8-3-4-9-18(17)28)30(25(33)24(21)32)26-29-19-11-10-15(27)13-20(19)35-26/h3-13,22,31H,2H2,1H3/b23-21+. The summed E-state index contributed by atoms with van der Waals surface area (Å²) in [4.78, 5) is 31.9. The van der Waals surface area contributed by atoms with Gasteiger partial charge in [0.1, 0.15) is 29.2 Å². The van der Waals surface area contributed by atoms with Crippen molar-refractivity contribution in [3.63, 3.8) is 0 Å². The van der Waals surface area contributed by atoms with Crippen molar-refractivity contribution in [1.82, 2.24) is 4.98 Å². The predicted octanol–water partition coefficient (Wildman–Crippen LogP) is 5.60. The van der Waals surface area contributed by atoms with Gasteiger partial charge in [-0.3, -0.25) is 14.5 Å². The molecule has 1 aromatic heterocycles. The second-order valence-corrected chi connectivity index (χ2v) is 8.77. The Morgan fingerprint density at radius 3 is 2.66 bits per heavy atom. The Morgan fingerprint density at radius 2 is 1.89 bits per heavy atom. The molecular weight excluding hydrogens is 474 g/mol. The lowest BCUT2D eigenvalue weighted by atomic mass is 9.95. The SMILES string of the molecule is CCOc1cccc(/C(O)=C2\C(=O)C(=O)N(c3nc4ccc(F)cc4s3)C2c2ccccc2F)c1. The molecule has 3 aromatic carbocycles. The van der Waals surface area contributed by atoms with Crippen LogP contribution in [-0.4, -0.2) is 28.4 Å². The third kappa shape index (κ3) is 3.93. The van der Waals surface area contributed by atoms with Crippen molar-refractivity contribution >= 4 is 44.1 Å². The van der Waals surface area contributed by atoms with Gasteiger partial charge in [-0.1, -0.05) is 41.7 Å². The summed E-state index contributed by atoms with van der Waals surface area (Å²) in [5, 5.41) is 11.3. The van der Waals surface area contributed by atoms with Crippen LogP contribution in [-0.2, 0) is 9.59 Å². The molecule has 0 aliphatic carbocycles.